The van der Waals surface area contributed by atoms with Crippen molar-refractivity contribution >= 4 is 43.7 Å². The van der Waals surface area contributed by atoms with E-state index >= 15 is 0 Å². The smallest absolute Gasteiger partial charge is 0.166 e. The average Bonchev–Trinajstić information content (AvgIpc) is 3.82. The summed E-state index contributed by atoms with van der Waals surface area (Å²) in [6.07, 6.45) is 0. The van der Waals surface area contributed by atoms with E-state index in [1.165, 1.54) is 33.0 Å². The van der Waals surface area contributed by atoms with Crippen LogP contribution in [-0.2, 0) is 0 Å². The van der Waals surface area contributed by atoms with Crippen molar-refractivity contribution in [2.24, 2.45) is 0 Å². The van der Waals surface area contributed by atoms with E-state index in [1.54, 1.807) is 0 Å². The van der Waals surface area contributed by atoms with Crippen LogP contribution in [0.4, 0.5) is 0 Å². The van der Waals surface area contributed by atoms with Crippen LogP contribution >= 0.6 is 0 Å². The lowest BCUT2D eigenvalue weighted by molar-refractivity contribution is 0.669. The van der Waals surface area contributed by atoms with Crippen LogP contribution in [0.2, 0.25) is 0 Å². The van der Waals surface area contributed by atoms with Gasteiger partial charge in [-0.2, -0.15) is 0 Å². The van der Waals surface area contributed by atoms with Crippen LogP contribution in [0, 0.1) is 13.8 Å². The van der Waals surface area contributed by atoms with Crippen molar-refractivity contribution in [1.82, 2.24) is 19.5 Å². The zero-order chi connectivity index (χ0) is 38.7. The zero-order valence-electron chi connectivity index (χ0n) is 32.0. The number of aryl methyl sites for hydroxylation is 2. The highest BCUT2D eigenvalue weighted by atomic mass is 16.3. The second-order valence-corrected chi connectivity index (χ2v) is 15.0. The summed E-state index contributed by atoms with van der Waals surface area (Å²) in [5, 5.41) is 4.52. The molecule has 0 radical (unpaired) electrons. The molecule has 0 amide bonds. The summed E-state index contributed by atoms with van der Waals surface area (Å²) in [5.74, 6) is 1.82. The van der Waals surface area contributed by atoms with Crippen LogP contribution < -0.4 is 0 Å². The van der Waals surface area contributed by atoms with Crippen LogP contribution in [0.25, 0.3) is 106 Å². The van der Waals surface area contributed by atoms with Gasteiger partial charge in [0.25, 0.3) is 0 Å². The molecule has 0 aliphatic heterocycles. The SMILES string of the molecule is Cc1ccc(-c2ccc3c4ccccc4n(-c4ccc(-c5cccc6oc7ccccc7c56)cc4-c4nc(-c5ccccc5)nc(-c5ccccc5)n4)c3c2)c(C)c1. The van der Waals surface area contributed by atoms with E-state index < -0.39 is 0 Å². The lowest BCUT2D eigenvalue weighted by atomic mass is 9.96. The molecule has 274 valence electrons. The standard InChI is InChI=1S/C53H36N4O/c1-33-24-27-39(34(2)30-33)38-25-28-42-41-18-9-11-21-45(41)57(47(42)32-38)46-29-26-37(40-20-13-23-49-50(40)43-19-10-12-22-48(43)58-49)31-44(46)53-55-51(35-14-5-3-6-15-35)54-52(56-53)36-16-7-4-8-17-36/h3-32H,1-2H3. The molecule has 0 N–H and O–H groups in total. The van der Waals surface area contributed by atoms with Crippen molar-refractivity contribution in [3.63, 3.8) is 0 Å². The fourth-order valence-corrected chi connectivity index (χ4v) is 8.56. The molecule has 0 bridgehead atoms. The molecule has 5 nitrogen and oxygen atoms in total. The summed E-state index contributed by atoms with van der Waals surface area (Å²) < 4.78 is 8.75. The molecule has 8 aromatic carbocycles. The Morgan fingerprint density at radius 2 is 1.02 bits per heavy atom. The third kappa shape index (κ3) is 5.59. The summed E-state index contributed by atoms with van der Waals surface area (Å²) in [6, 6.07) is 63.8. The highest BCUT2D eigenvalue weighted by Gasteiger charge is 2.22. The van der Waals surface area contributed by atoms with Gasteiger partial charge < -0.3 is 8.98 Å². The number of nitrogens with zero attached hydrogens (tertiary/aromatic N) is 4. The largest absolute Gasteiger partial charge is 0.456 e. The molecule has 0 atom stereocenters. The summed E-state index contributed by atoms with van der Waals surface area (Å²) in [6.45, 7) is 4.34. The highest BCUT2D eigenvalue weighted by Crippen LogP contribution is 2.42. The third-order valence-electron chi connectivity index (χ3n) is 11.3. The van der Waals surface area contributed by atoms with E-state index in [2.05, 4.69) is 146 Å². The van der Waals surface area contributed by atoms with Gasteiger partial charge in [-0.3, -0.25) is 0 Å². The molecule has 3 heterocycles. The van der Waals surface area contributed by atoms with Crippen LogP contribution in [-0.4, -0.2) is 19.5 Å². The molecule has 0 spiro atoms. The maximum atomic E-state index is 6.36. The van der Waals surface area contributed by atoms with E-state index in [0.717, 1.165) is 66.5 Å². The Labute approximate surface area is 335 Å². The van der Waals surface area contributed by atoms with Gasteiger partial charge in [-0.05, 0) is 78.1 Å². The minimum Gasteiger partial charge on any atom is -0.456 e. The van der Waals surface area contributed by atoms with Gasteiger partial charge in [-0.25, -0.2) is 15.0 Å². The van der Waals surface area contributed by atoms with Gasteiger partial charge in [-0.15, -0.1) is 0 Å². The molecule has 0 saturated heterocycles. The Balaban J connectivity index is 1.23. The first-order valence-electron chi connectivity index (χ1n) is 19.6. The quantitative estimate of drug-likeness (QED) is 0.170. The summed E-state index contributed by atoms with van der Waals surface area (Å²) >= 11 is 0. The van der Waals surface area contributed by atoms with Crippen LogP contribution in [0.5, 0.6) is 0 Å². The van der Waals surface area contributed by atoms with E-state index in [-0.39, 0.29) is 0 Å². The molecular weight excluding hydrogens is 709 g/mol. The number of rotatable bonds is 6. The molecule has 0 aliphatic rings. The highest BCUT2D eigenvalue weighted by molar-refractivity contribution is 6.13. The van der Waals surface area contributed by atoms with E-state index in [9.17, 15) is 0 Å². The molecule has 0 fully saturated rings. The van der Waals surface area contributed by atoms with E-state index in [0.29, 0.717) is 17.5 Å². The maximum Gasteiger partial charge on any atom is 0.166 e. The van der Waals surface area contributed by atoms with Crippen LogP contribution in [0.15, 0.2) is 186 Å². The van der Waals surface area contributed by atoms with Gasteiger partial charge in [0, 0.05) is 38.2 Å². The summed E-state index contributed by atoms with van der Waals surface area (Å²) in [5.41, 5.74) is 14.6. The number of fused-ring (bicyclic) bond motifs is 6. The fraction of sp³-hybridized carbons (Fsp3) is 0.0377. The summed E-state index contributed by atoms with van der Waals surface area (Å²) in [7, 11) is 0. The number of aromatic nitrogens is 4. The average molecular weight is 745 g/mol. The van der Waals surface area contributed by atoms with Gasteiger partial charge >= 0.3 is 0 Å². The van der Waals surface area contributed by atoms with Crippen molar-refractivity contribution in [1.29, 1.82) is 0 Å². The van der Waals surface area contributed by atoms with Crippen molar-refractivity contribution < 1.29 is 4.42 Å². The van der Waals surface area contributed by atoms with Crippen molar-refractivity contribution in [3.05, 3.63) is 193 Å². The first-order valence-corrected chi connectivity index (χ1v) is 19.6. The zero-order valence-corrected chi connectivity index (χ0v) is 32.0. The lowest BCUT2D eigenvalue weighted by Crippen LogP contribution is -2.04. The molecule has 11 aromatic rings. The predicted octanol–water partition coefficient (Wildman–Crippen LogP) is 13.8. The Morgan fingerprint density at radius 3 is 1.78 bits per heavy atom. The molecule has 3 aromatic heterocycles. The molecule has 58 heavy (non-hydrogen) atoms. The first kappa shape index (κ1) is 33.7. The topological polar surface area (TPSA) is 56.7 Å². The Hall–Kier alpha value is -7.63. The Bertz CT molecular complexity index is 3300. The van der Waals surface area contributed by atoms with E-state index in [1.807, 2.05) is 54.6 Å². The molecule has 0 unspecified atom stereocenters. The molecular formula is C53H36N4O. The summed E-state index contributed by atoms with van der Waals surface area (Å²) in [4.78, 5) is 15.7. The second-order valence-electron chi connectivity index (χ2n) is 15.0. The Kier molecular flexibility index (Phi) is 7.86. The third-order valence-corrected chi connectivity index (χ3v) is 11.3. The normalized spacial score (nSPS) is 11.6. The monoisotopic (exact) mass is 744 g/mol. The predicted molar refractivity (Wildman–Crippen MR) is 238 cm³/mol. The number of para-hydroxylation sites is 2. The first-order chi connectivity index (χ1) is 28.6. The minimum absolute atomic E-state index is 0.588. The number of hydrogen-bond acceptors (Lipinski definition) is 4. The fourth-order valence-electron chi connectivity index (χ4n) is 8.56. The van der Waals surface area contributed by atoms with Gasteiger partial charge in [0.1, 0.15) is 11.2 Å². The van der Waals surface area contributed by atoms with Crippen LogP contribution in [0.3, 0.4) is 0 Å². The van der Waals surface area contributed by atoms with Gasteiger partial charge in [0.2, 0.25) is 0 Å². The van der Waals surface area contributed by atoms with E-state index in [4.69, 9.17) is 19.4 Å². The van der Waals surface area contributed by atoms with Gasteiger partial charge in [0.15, 0.2) is 17.5 Å². The van der Waals surface area contributed by atoms with Gasteiger partial charge in [0.05, 0.1) is 16.7 Å². The molecule has 0 saturated carbocycles. The number of furan rings is 1. The Morgan fingerprint density at radius 1 is 0.397 bits per heavy atom. The lowest BCUT2D eigenvalue weighted by Gasteiger charge is -2.17. The van der Waals surface area contributed by atoms with Crippen molar-refractivity contribution in [3.8, 4) is 62.1 Å². The molecule has 0 aliphatic carbocycles. The van der Waals surface area contributed by atoms with Crippen molar-refractivity contribution in [2.75, 3.05) is 0 Å². The van der Waals surface area contributed by atoms with Crippen LogP contribution in [0.1, 0.15) is 11.1 Å². The van der Waals surface area contributed by atoms with Crippen molar-refractivity contribution in [2.45, 2.75) is 13.8 Å². The minimum atomic E-state index is 0.588. The second kappa shape index (κ2) is 13.5. The molecule has 11 rings (SSSR count). The maximum absolute atomic E-state index is 6.36. The molecule has 5 heteroatoms. The number of benzene rings is 8. The number of hydrogen-bond donors (Lipinski definition) is 0. The van der Waals surface area contributed by atoms with Gasteiger partial charge in [-0.1, -0.05) is 151 Å².